The number of hydrazine groups is 1. The van der Waals surface area contributed by atoms with E-state index in [1.54, 1.807) is 36.4 Å². The third-order valence-electron chi connectivity index (χ3n) is 5.29. The molecule has 8 heteroatoms. The zero-order valence-electron chi connectivity index (χ0n) is 17.2. The van der Waals surface area contributed by atoms with Gasteiger partial charge in [0.1, 0.15) is 17.3 Å². The summed E-state index contributed by atoms with van der Waals surface area (Å²) < 4.78 is 18.6. The number of anilines is 1. The Kier molecular flexibility index (Phi) is 9.22. The van der Waals surface area contributed by atoms with E-state index in [9.17, 15) is 14.0 Å². The summed E-state index contributed by atoms with van der Waals surface area (Å²) in [6, 6.07) is 12.7. The lowest BCUT2D eigenvalue weighted by Gasteiger charge is -2.28. The summed E-state index contributed by atoms with van der Waals surface area (Å²) in [7, 11) is 0. The molecule has 0 radical (unpaired) electrons. The van der Waals surface area contributed by atoms with Crippen molar-refractivity contribution in [2.24, 2.45) is 23.4 Å². The lowest BCUT2D eigenvalue weighted by molar-refractivity contribution is -0.127. The quantitative estimate of drug-likeness (QED) is 0.411. The number of rotatable bonds is 8. The van der Waals surface area contributed by atoms with Gasteiger partial charge in [-0.15, -0.1) is 0 Å². The summed E-state index contributed by atoms with van der Waals surface area (Å²) in [5.41, 5.74) is 5.93. The van der Waals surface area contributed by atoms with Crippen molar-refractivity contribution in [3.63, 3.8) is 0 Å². The van der Waals surface area contributed by atoms with Crippen LogP contribution in [-0.2, 0) is 9.59 Å². The monoisotopic (exact) mass is 444 g/mol. The normalized spacial score (nSPS) is 17.9. The molecule has 1 fully saturated rings. The molecule has 1 aliphatic rings. The van der Waals surface area contributed by atoms with Crippen molar-refractivity contribution in [3.8, 4) is 11.5 Å². The molecule has 1 saturated carbocycles. The number of nitrogens with two attached hydrogens (primary N) is 2. The van der Waals surface area contributed by atoms with Crippen LogP contribution in [-0.4, -0.2) is 23.2 Å². The fourth-order valence-electron chi connectivity index (χ4n) is 3.68. The molecule has 0 saturated heterocycles. The number of carbonyl (C=O) groups is 2. The van der Waals surface area contributed by atoms with E-state index in [-0.39, 0.29) is 44.7 Å². The largest absolute Gasteiger partial charge is 0.457 e. The number of ketones is 1. The van der Waals surface area contributed by atoms with Crippen molar-refractivity contribution in [1.29, 1.82) is 0 Å². The highest BCUT2D eigenvalue weighted by Gasteiger charge is 2.31. The van der Waals surface area contributed by atoms with E-state index >= 15 is 0 Å². The highest BCUT2D eigenvalue weighted by molar-refractivity contribution is 5.93. The van der Waals surface area contributed by atoms with E-state index in [4.69, 9.17) is 16.3 Å². The van der Waals surface area contributed by atoms with Gasteiger partial charge < -0.3 is 20.8 Å². The summed E-state index contributed by atoms with van der Waals surface area (Å²) in [5, 5.41) is 4.16. The van der Waals surface area contributed by atoms with Crippen molar-refractivity contribution in [2.45, 2.75) is 33.1 Å². The summed E-state index contributed by atoms with van der Waals surface area (Å²) in [6.07, 6.45) is 5.55. The predicted octanol–water partition coefficient (Wildman–Crippen LogP) is 4.42. The number of nitrogens with zero attached hydrogens (tertiary/aromatic N) is 1. The zero-order chi connectivity index (χ0) is 22.2. The first-order valence-electron chi connectivity index (χ1n) is 10.2. The fourth-order valence-corrected chi connectivity index (χ4v) is 3.68. The van der Waals surface area contributed by atoms with Gasteiger partial charge in [-0.2, -0.15) is 0 Å². The summed E-state index contributed by atoms with van der Waals surface area (Å²) in [4.78, 5) is 25.2. The number of nitrogens with one attached hydrogen (secondary N) is 1. The molecule has 0 heterocycles. The number of benzene rings is 2. The molecule has 32 heavy (non-hydrogen) atoms. The Morgan fingerprint density at radius 1 is 1.09 bits per heavy atom. The van der Waals surface area contributed by atoms with Crippen LogP contribution in [0.5, 0.6) is 11.5 Å². The highest BCUT2D eigenvalue weighted by atomic mass is 19.1. The Bertz CT molecular complexity index is 922. The van der Waals surface area contributed by atoms with Crippen molar-refractivity contribution in [1.82, 2.24) is 5.01 Å². The van der Waals surface area contributed by atoms with Gasteiger partial charge in [-0.05, 0) is 67.8 Å². The first-order chi connectivity index (χ1) is 14.9. The first kappa shape index (κ1) is 24.9. The van der Waals surface area contributed by atoms with E-state index in [1.165, 1.54) is 29.5 Å². The fraction of sp³-hybridized carbons (Fsp3) is 0.333. The van der Waals surface area contributed by atoms with Gasteiger partial charge in [-0.3, -0.25) is 9.59 Å². The molecule has 0 aliphatic heterocycles. The minimum atomic E-state index is -0.329. The van der Waals surface area contributed by atoms with Gasteiger partial charge in [-0.1, -0.05) is 13.8 Å². The van der Waals surface area contributed by atoms with Crippen LogP contribution in [0.3, 0.4) is 0 Å². The van der Waals surface area contributed by atoms with Gasteiger partial charge in [0.15, 0.2) is 5.78 Å². The van der Waals surface area contributed by atoms with Crippen LogP contribution in [0.4, 0.5) is 10.1 Å². The van der Waals surface area contributed by atoms with Crippen LogP contribution in [0.25, 0.3) is 0 Å². The molecule has 2 atom stereocenters. The lowest BCUT2D eigenvalue weighted by atomic mass is 9.79. The second kappa shape index (κ2) is 11.9. The second-order valence-corrected chi connectivity index (χ2v) is 7.61. The number of hydrogen-bond donors (Lipinski definition) is 3. The van der Waals surface area contributed by atoms with Gasteiger partial charge in [-0.25, -0.2) is 10.2 Å². The Hall–Kier alpha value is -3.39. The molecule has 3 rings (SSSR count). The Morgan fingerprint density at radius 3 is 2.31 bits per heavy atom. The molecule has 2 aromatic rings. The molecule has 1 unspecified atom stereocenters. The van der Waals surface area contributed by atoms with Crippen molar-refractivity contribution in [3.05, 3.63) is 66.7 Å². The average molecular weight is 445 g/mol. The second-order valence-electron chi connectivity index (χ2n) is 7.61. The van der Waals surface area contributed by atoms with E-state index in [1.807, 2.05) is 0 Å². The third kappa shape index (κ3) is 7.09. The standard InChI is InChI=1S/C23H27FN4O3.CH4.H2/c24-18-4-8-20(9-5-18)31-21-10-6-19(7-11-21)27-23(30)17-3-1-2-16(14-17)22(29)15-28(26)13-12-25;;/h4-13,16-17H,1-3,14-15,25-26H2,(H,27,30);1H4;1H/b13-12-;;/t16?,17-;;/m1../s1. The molecule has 174 valence electrons. The Labute approximate surface area is 189 Å². The topological polar surface area (TPSA) is 111 Å². The molecule has 1 amide bonds. The summed E-state index contributed by atoms with van der Waals surface area (Å²) >= 11 is 0. The number of ether oxygens (including phenoxy) is 1. The molecular formula is C24H33FN4O3. The van der Waals surface area contributed by atoms with Crippen LogP contribution in [0.2, 0.25) is 0 Å². The maximum Gasteiger partial charge on any atom is 0.227 e. The molecule has 0 spiro atoms. The maximum atomic E-state index is 13.0. The molecule has 5 N–H and O–H groups in total. The van der Waals surface area contributed by atoms with Crippen LogP contribution >= 0.6 is 0 Å². The smallest absolute Gasteiger partial charge is 0.227 e. The minimum Gasteiger partial charge on any atom is -0.457 e. The van der Waals surface area contributed by atoms with Gasteiger partial charge in [0.2, 0.25) is 5.91 Å². The van der Waals surface area contributed by atoms with E-state index < -0.39 is 0 Å². The number of Topliss-reactive ketones (excluding diaryl/α,β-unsaturated/α-hetero) is 1. The van der Waals surface area contributed by atoms with E-state index in [0.29, 0.717) is 23.6 Å². The minimum absolute atomic E-state index is 0. The Morgan fingerprint density at radius 2 is 1.69 bits per heavy atom. The van der Waals surface area contributed by atoms with Crippen LogP contribution in [0.15, 0.2) is 60.9 Å². The van der Waals surface area contributed by atoms with E-state index in [2.05, 4.69) is 5.32 Å². The number of carbonyl (C=O) groups excluding carboxylic acids is 2. The van der Waals surface area contributed by atoms with Gasteiger partial charge in [0, 0.05) is 31.3 Å². The number of hydrogen-bond acceptors (Lipinski definition) is 6. The molecule has 2 aromatic carbocycles. The maximum absolute atomic E-state index is 13.0. The predicted molar refractivity (Wildman–Crippen MR) is 125 cm³/mol. The molecule has 0 bridgehead atoms. The summed E-state index contributed by atoms with van der Waals surface area (Å²) in [6.45, 7) is 0.0717. The third-order valence-corrected chi connectivity index (χ3v) is 5.29. The van der Waals surface area contributed by atoms with E-state index in [0.717, 1.165) is 19.3 Å². The van der Waals surface area contributed by atoms with Crippen molar-refractivity contribution in [2.75, 3.05) is 11.9 Å². The summed E-state index contributed by atoms with van der Waals surface area (Å²) in [5.74, 6) is 5.96. The van der Waals surface area contributed by atoms with Gasteiger partial charge in [0.25, 0.3) is 0 Å². The van der Waals surface area contributed by atoms with Crippen molar-refractivity contribution >= 4 is 17.4 Å². The highest BCUT2D eigenvalue weighted by Crippen LogP contribution is 2.31. The molecule has 7 nitrogen and oxygen atoms in total. The average Bonchev–Trinajstić information content (AvgIpc) is 2.77. The van der Waals surface area contributed by atoms with Gasteiger partial charge >= 0.3 is 0 Å². The molecule has 0 aromatic heterocycles. The first-order valence-corrected chi connectivity index (χ1v) is 10.2. The van der Waals surface area contributed by atoms with Crippen LogP contribution < -0.4 is 21.6 Å². The van der Waals surface area contributed by atoms with Crippen LogP contribution in [0, 0.1) is 17.7 Å². The Balaban J connectivity index is 0.00000272. The number of amides is 1. The van der Waals surface area contributed by atoms with Gasteiger partial charge in [0.05, 0.1) is 6.54 Å². The lowest BCUT2D eigenvalue weighted by Crippen LogP contribution is -2.37. The van der Waals surface area contributed by atoms with Crippen molar-refractivity contribution < 1.29 is 20.1 Å². The number of halogens is 1. The zero-order valence-corrected chi connectivity index (χ0v) is 17.2. The molecular weight excluding hydrogens is 411 g/mol. The van der Waals surface area contributed by atoms with Crippen LogP contribution in [0.1, 0.15) is 34.5 Å². The SMILES string of the molecule is C.N/C=C\N(N)CC(=O)C1CCC[C@@H](C(=O)Nc2ccc(Oc3ccc(F)cc3)cc2)C1.[HH]. The molecule has 1 aliphatic carbocycles.